The monoisotopic (exact) mass is 314 g/mol. The molecule has 0 unspecified atom stereocenters. The van der Waals surface area contributed by atoms with Crippen LogP contribution in [0.4, 0.5) is 0 Å². The van der Waals surface area contributed by atoms with Gasteiger partial charge in [-0.05, 0) is 12.1 Å². The minimum absolute atomic E-state index is 0.0249. The first-order valence-corrected chi connectivity index (χ1v) is 7.50. The summed E-state index contributed by atoms with van der Waals surface area (Å²) < 4.78 is 1.75. The van der Waals surface area contributed by atoms with Gasteiger partial charge in [-0.25, -0.2) is 4.68 Å². The molecular weight excluding hydrogens is 292 g/mol. The van der Waals surface area contributed by atoms with Crippen LogP contribution in [0.15, 0.2) is 42.7 Å². The van der Waals surface area contributed by atoms with Crippen LogP contribution >= 0.6 is 0 Å². The highest BCUT2D eigenvalue weighted by Crippen LogP contribution is 2.12. The van der Waals surface area contributed by atoms with Gasteiger partial charge in [-0.3, -0.25) is 9.59 Å². The second kappa shape index (κ2) is 7.09. The van der Waals surface area contributed by atoms with Crippen LogP contribution in [0.3, 0.4) is 0 Å². The Hall–Kier alpha value is -2.63. The Bertz CT molecular complexity index is 671. The van der Waals surface area contributed by atoms with Crippen molar-refractivity contribution in [3.8, 4) is 5.69 Å². The van der Waals surface area contributed by atoms with Gasteiger partial charge in [0.05, 0.1) is 18.4 Å². The summed E-state index contributed by atoms with van der Waals surface area (Å²) in [6.45, 7) is 5.76. The summed E-state index contributed by atoms with van der Waals surface area (Å²) in [5.41, 5.74) is 1.35. The highest BCUT2D eigenvalue weighted by atomic mass is 16.2. The molecule has 0 bridgehead atoms. The lowest BCUT2D eigenvalue weighted by atomic mass is 9.96. The molecule has 1 aromatic carbocycles. The molecule has 0 aliphatic carbocycles. The number of benzene rings is 1. The zero-order chi connectivity index (χ0) is 16.9. The van der Waals surface area contributed by atoms with E-state index in [2.05, 4.69) is 15.7 Å². The second-order valence-corrected chi connectivity index (χ2v) is 6.34. The molecular formula is C17H22N4O2. The first-order valence-electron chi connectivity index (χ1n) is 7.50. The van der Waals surface area contributed by atoms with Crippen molar-refractivity contribution in [2.75, 3.05) is 6.54 Å². The van der Waals surface area contributed by atoms with Crippen molar-refractivity contribution in [1.82, 2.24) is 20.4 Å². The van der Waals surface area contributed by atoms with Crippen molar-refractivity contribution >= 4 is 11.8 Å². The lowest BCUT2D eigenvalue weighted by Crippen LogP contribution is -2.41. The fourth-order valence-electron chi connectivity index (χ4n) is 1.86. The van der Waals surface area contributed by atoms with Gasteiger partial charge in [0.1, 0.15) is 0 Å². The molecule has 2 amide bonds. The van der Waals surface area contributed by atoms with Crippen LogP contribution < -0.4 is 10.6 Å². The fraction of sp³-hybridized carbons (Fsp3) is 0.353. The van der Waals surface area contributed by atoms with Crippen LogP contribution in [0.25, 0.3) is 5.69 Å². The van der Waals surface area contributed by atoms with Crippen LogP contribution in [-0.2, 0) is 16.1 Å². The summed E-state index contributed by atoms with van der Waals surface area (Å²) in [5, 5.41) is 9.65. The predicted molar refractivity (Wildman–Crippen MR) is 87.9 cm³/mol. The van der Waals surface area contributed by atoms with Gasteiger partial charge in [0.25, 0.3) is 0 Å². The lowest BCUT2D eigenvalue weighted by molar-refractivity contribution is -0.131. The predicted octanol–water partition coefficient (Wildman–Crippen LogP) is 1.65. The highest BCUT2D eigenvalue weighted by Gasteiger charge is 2.21. The van der Waals surface area contributed by atoms with Crippen LogP contribution in [-0.4, -0.2) is 28.1 Å². The summed E-state index contributed by atoms with van der Waals surface area (Å²) in [4.78, 5) is 23.5. The number of nitrogens with zero attached hydrogens (tertiary/aromatic N) is 2. The normalized spacial score (nSPS) is 11.1. The minimum Gasteiger partial charge on any atom is -0.350 e. The Balaban J connectivity index is 1.81. The molecule has 122 valence electrons. The van der Waals surface area contributed by atoms with Crippen LogP contribution in [0, 0.1) is 5.41 Å². The number of carbonyl (C=O) groups excluding carboxylic acids is 2. The van der Waals surface area contributed by atoms with Crippen molar-refractivity contribution in [3.63, 3.8) is 0 Å². The minimum atomic E-state index is -0.503. The molecule has 1 heterocycles. The fourth-order valence-corrected chi connectivity index (χ4v) is 1.86. The van der Waals surface area contributed by atoms with Crippen molar-refractivity contribution in [2.24, 2.45) is 5.41 Å². The summed E-state index contributed by atoms with van der Waals surface area (Å²) in [6.07, 6.45) is 3.57. The third kappa shape index (κ3) is 4.95. The molecule has 6 nitrogen and oxygen atoms in total. The quantitative estimate of drug-likeness (QED) is 0.881. The van der Waals surface area contributed by atoms with E-state index in [1.54, 1.807) is 31.6 Å². The molecule has 23 heavy (non-hydrogen) atoms. The van der Waals surface area contributed by atoms with Crippen LogP contribution in [0.1, 0.15) is 26.3 Å². The first-order chi connectivity index (χ1) is 10.9. The lowest BCUT2D eigenvalue weighted by Gasteiger charge is -2.17. The van der Waals surface area contributed by atoms with E-state index in [0.29, 0.717) is 6.54 Å². The number of carbonyl (C=O) groups is 2. The maximum Gasteiger partial charge on any atom is 0.239 e. The van der Waals surface area contributed by atoms with E-state index in [0.717, 1.165) is 11.3 Å². The third-order valence-electron chi connectivity index (χ3n) is 3.24. The summed E-state index contributed by atoms with van der Waals surface area (Å²) in [6, 6.07) is 9.74. The zero-order valence-corrected chi connectivity index (χ0v) is 13.7. The van der Waals surface area contributed by atoms with E-state index in [4.69, 9.17) is 0 Å². The SMILES string of the molecule is CC(C)(C)C(=O)NCC(=O)NCc1cnn(-c2ccccc2)c1. The van der Waals surface area contributed by atoms with Crippen molar-refractivity contribution in [3.05, 3.63) is 48.3 Å². The molecule has 1 aromatic heterocycles. The number of rotatable bonds is 5. The molecule has 2 rings (SSSR count). The van der Waals surface area contributed by atoms with Crippen molar-refractivity contribution in [1.29, 1.82) is 0 Å². The Morgan fingerprint density at radius 2 is 1.83 bits per heavy atom. The van der Waals surface area contributed by atoms with E-state index < -0.39 is 5.41 Å². The van der Waals surface area contributed by atoms with E-state index in [1.165, 1.54) is 0 Å². The molecule has 0 radical (unpaired) electrons. The number of para-hydroxylation sites is 1. The van der Waals surface area contributed by atoms with Gasteiger partial charge in [0, 0.05) is 23.7 Å². The average molecular weight is 314 g/mol. The van der Waals surface area contributed by atoms with Crippen LogP contribution in [0.2, 0.25) is 0 Å². The second-order valence-electron chi connectivity index (χ2n) is 6.34. The molecule has 0 saturated carbocycles. The first kappa shape index (κ1) is 16.7. The molecule has 0 aliphatic rings. The molecule has 0 fully saturated rings. The third-order valence-corrected chi connectivity index (χ3v) is 3.24. The van der Waals surface area contributed by atoms with E-state index in [1.807, 2.05) is 36.5 Å². The molecule has 6 heteroatoms. The Kier molecular flexibility index (Phi) is 5.16. The van der Waals surface area contributed by atoms with Gasteiger partial charge < -0.3 is 10.6 Å². The van der Waals surface area contributed by atoms with E-state index >= 15 is 0 Å². The van der Waals surface area contributed by atoms with E-state index in [-0.39, 0.29) is 18.4 Å². The smallest absolute Gasteiger partial charge is 0.239 e. The summed E-state index contributed by atoms with van der Waals surface area (Å²) in [7, 11) is 0. The van der Waals surface area contributed by atoms with Gasteiger partial charge in [0.2, 0.25) is 11.8 Å². The largest absolute Gasteiger partial charge is 0.350 e. The molecule has 0 spiro atoms. The molecule has 0 atom stereocenters. The Labute approximate surface area is 135 Å². The maximum absolute atomic E-state index is 11.8. The molecule has 0 saturated heterocycles. The highest BCUT2D eigenvalue weighted by molar-refractivity contribution is 5.87. The number of nitrogens with one attached hydrogen (secondary N) is 2. The van der Waals surface area contributed by atoms with E-state index in [9.17, 15) is 9.59 Å². The van der Waals surface area contributed by atoms with Crippen LogP contribution in [0.5, 0.6) is 0 Å². The molecule has 0 aliphatic heterocycles. The Morgan fingerprint density at radius 3 is 2.48 bits per heavy atom. The average Bonchev–Trinajstić information content (AvgIpc) is 2.99. The standard InChI is InChI=1S/C17H22N4O2/c1-17(2,3)16(23)19-11-15(22)18-9-13-10-20-21(12-13)14-7-5-4-6-8-14/h4-8,10,12H,9,11H2,1-3H3,(H,18,22)(H,19,23). The topological polar surface area (TPSA) is 76.0 Å². The summed E-state index contributed by atoms with van der Waals surface area (Å²) in [5.74, 6) is -0.375. The van der Waals surface area contributed by atoms with Gasteiger partial charge in [-0.2, -0.15) is 5.10 Å². The molecule has 2 aromatic rings. The van der Waals surface area contributed by atoms with Crippen molar-refractivity contribution in [2.45, 2.75) is 27.3 Å². The number of hydrogen-bond acceptors (Lipinski definition) is 3. The van der Waals surface area contributed by atoms with Gasteiger partial charge in [-0.15, -0.1) is 0 Å². The van der Waals surface area contributed by atoms with Gasteiger partial charge in [-0.1, -0.05) is 39.0 Å². The number of hydrogen-bond donors (Lipinski definition) is 2. The van der Waals surface area contributed by atoms with Crippen molar-refractivity contribution < 1.29 is 9.59 Å². The molecule has 2 N–H and O–H groups in total. The number of aromatic nitrogens is 2. The Morgan fingerprint density at radius 1 is 1.13 bits per heavy atom. The summed E-state index contributed by atoms with van der Waals surface area (Å²) >= 11 is 0. The van der Waals surface area contributed by atoms with Gasteiger partial charge in [0.15, 0.2) is 0 Å². The zero-order valence-electron chi connectivity index (χ0n) is 13.7. The number of amides is 2. The maximum atomic E-state index is 11.8. The van der Waals surface area contributed by atoms with Gasteiger partial charge >= 0.3 is 0 Å².